The zero-order valence-electron chi connectivity index (χ0n) is 5.19. The quantitative estimate of drug-likeness (QED) is 0.549. The smallest absolute Gasteiger partial charge is 0.186 e. The molecule has 0 amide bonds. The molecule has 0 saturated heterocycles. The third-order valence-electron chi connectivity index (χ3n) is 1.34. The van der Waals surface area contributed by atoms with Crippen molar-refractivity contribution in [2.75, 3.05) is 0 Å². The second kappa shape index (κ2) is 1.70. The Kier molecular flexibility index (Phi) is 0.887. The van der Waals surface area contributed by atoms with Gasteiger partial charge in [-0.1, -0.05) is 5.16 Å². The third kappa shape index (κ3) is 0.500. The van der Waals surface area contributed by atoms with Gasteiger partial charge in [0.15, 0.2) is 5.58 Å². The molecule has 0 saturated carbocycles. The normalized spacial score (nSPS) is 10.4. The van der Waals surface area contributed by atoms with E-state index in [0.717, 1.165) is 11.1 Å². The number of hydrogen-bond donors (Lipinski definition) is 0. The molecule has 0 aromatic carbocycles. The summed E-state index contributed by atoms with van der Waals surface area (Å²) in [7, 11) is 0. The SMILES string of the molecule is C=Nn1ccc2oncc21. The summed E-state index contributed by atoms with van der Waals surface area (Å²) in [5, 5.41) is 7.28. The average molecular weight is 135 g/mol. The molecule has 0 spiro atoms. The Bertz CT molecular complexity index is 360. The summed E-state index contributed by atoms with van der Waals surface area (Å²) in [5.74, 6) is 0. The second-order valence-corrected chi connectivity index (χ2v) is 1.88. The third-order valence-corrected chi connectivity index (χ3v) is 1.34. The topological polar surface area (TPSA) is 43.3 Å². The van der Waals surface area contributed by atoms with Gasteiger partial charge in [-0.05, 0) is 0 Å². The average Bonchev–Trinajstić information content (AvgIpc) is 2.44. The number of fused-ring (bicyclic) bond motifs is 1. The van der Waals surface area contributed by atoms with Crippen molar-refractivity contribution in [3.63, 3.8) is 0 Å². The lowest BCUT2D eigenvalue weighted by molar-refractivity contribution is 0.456. The molecule has 0 fully saturated rings. The number of nitrogens with zero attached hydrogens (tertiary/aromatic N) is 3. The van der Waals surface area contributed by atoms with Gasteiger partial charge in [-0.25, -0.2) is 4.68 Å². The first-order chi connectivity index (χ1) is 4.92. The number of rotatable bonds is 1. The van der Waals surface area contributed by atoms with Crippen molar-refractivity contribution in [3.05, 3.63) is 18.5 Å². The molecule has 4 heteroatoms. The minimum absolute atomic E-state index is 0.729. The van der Waals surface area contributed by atoms with Crippen LogP contribution in [0, 0.1) is 0 Å². The molecule has 4 nitrogen and oxygen atoms in total. The second-order valence-electron chi connectivity index (χ2n) is 1.88. The van der Waals surface area contributed by atoms with Crippen LogP contribution >= 0.6 is 0 Å². The Balaban J connectivity index is 2.88. The van der Waals surface area contributed by atoms with E-state index in [-0.39, 0.29) is 0 Å². The molecule has 0 aliphatic carbocycles. The van der Waals surface area contributed by atoms with E-state index in [0.29, 0.717) is 0 Å². The van der Waals surface area contributed by atoms with Crippen LogP contribution in [0.15, 0.2) is 28.1 Å². The van der Waals surface area contributed by atoms with Crippen LogP contribution in [0.25, 0.3) is 11.1 Å². The van der Waals surface area contributed by atoms with Crippen molar-refractivity contribution < 1.29 is 4.52 Å². The van der Waals surface area contributed by atoms with Crippen LogP contribution in [0.1, 0.15) is 0 Å². The predicted molar refractivity (Wildman–Crippen MR) is 36.9 cm³/mol. The first kappa shape index (κ1) is 5.22. The number of aromatic nitrogens is 2. The zero-order chi connectivity index (χ0) is 6.97. The maximum absolute atomic E-state index is 4.84. The summed E-state index contributed by atoms with van der Waals surface area (Å²) in [6.45, 7) is 3.38. The highest BCUT2D eigenvalue weighted by atomic mass is 16.5. The van der Waals surface area contributed by atoms with Crippen molar-refractivity contribution in [3.8, 4) is 0 Å². The Morgan fingerprint density at radius 1 is 1.70 bits per heavy atom. The molecule has 0 aliphatic heterocycles. The molecule has 2 aromatic rings. The van der Waals surface area contributed by atoms with Crippen LogP contribution in [0.4, 0.5) is 0 Å². The molecule has 0 atom stereocenters. The molecule has 0 unspecified atom stereocenters. The van der Waals surface area contributed by atoms with E-state index in [2.05, 4.69) is 17.0 Å². The summed E-state index contributed by atoms with van der Waals surface area (Å²) in [6, 6.07) is 1.79. The van der Waals surface area contributed by atoms with Crippen LogP contribution < -0.4 is 0 Å². The van der Waals surface area contributed by atoms with E-state index in [9.17, 15) is 0 Å². The minimum Gasteiger partial charge on any atom is -0.355 e. The van der Waals surface area contributed by atoms with Gasteiger partial charge in [0.05, 0.1) is 6.20 Å². The van der Waals surface area contributed by atoms with Crippen molar-refractivity contribution in [1.82, 2.24) is 9.83 Å². The van der Waals surface area contributed by atoms with Gasteiger partial charge in [0, 0.05) is 19.0 Å². The maximum Gasteiger partial charge on any atom is 0.186 e. The van der Waals surface area contributed by atoms with Crippen molar-refractivity contribution in [2.45, 2.75) is 0 Å². The van der Waals surface area contributed by atoms with E-state index in [1.165, 1.54) is 0 Å². The van der Waals surface area contributed by atoms with Crippen LogP contribution in [-0.2, 0) is 0 Å². The summed E-state index contributed by atoms with van der Waals surface area (Å²) in [4.78, 5) is 0. The van der Waals surface area contributed by atoms with E-state index >= 15 is 0 Å². The molecule has 0 aliphatic rings. The molecule has 2 heterocycles. The fraction of sp³-hybridized carbons (Fsp3) is 0. The van der Waals surface area contributed by atoms with Crippen molar-refractivity contribution >= 4 is 17.8 Å². The highest BCUT2D eigenvalue weighted by Crippen LogP contribution is 2.13. The highest BCUT2D eigenvalue weighted by molar-refractivity contribution is 5.72. The number of hydrogen-bond acceptors (Lipinski definition) is 3. The van der Waals surface area contributed by atoms with Gasteiger partial charge in [-0.2, -0.15) is 5.10 Å². The predicted octanol–water partition coefficient (Wildman–Crippen LogP) is 1.09. The zero-order valence-corrected chi connectivity index (χ0v) is 5.19. The van der Waals surface area contributed by atoms with E-state index in [4.69, 9.17) is 4.52 Å². The molecule has 10 heavy (non-hydrogen) atoms. The first-order valence-electron chi connectivity index (χ1n) is 2.80. The van der Waals surface area contributed by atoms with Gasteiger partial charge in [-0.15, -0.1) is 0 Å². The Labute approximate surface area is 56.7 Å². The van der Waals surface area contributed by atoms with Crippen LogP contribution in [0.2, 0.25) is 0 Å². The summed E-state index contributed by atoms with van der Waals surface area (Å²) in [6.07, 6.45) is 3.37. The van der Waals surface area contributed by atoms with E-state index in [1.807, 2.05) is 0 Å². The van der Waals surface area contributed by atoms with Crippen LogP contribution in [-0.4, -0.2) is 16.6 Å². The highest BCUT2D eigenvalue weighted by Gasteiger charge is 2.01. The Hall–Kier alpha value is -1.58. The van der Waals surface area contributed by atoms with Gasteiger partial charge in [0.2, 0.25) is 0 Å². The molecule has 0 N–H and O–H groups in total. The first-order valence-corrected chi connectivity index (χ1v) is 2.80. The van der Waals surface area contributed by atoms with Crippen molar-refractivity contribution in [2.24, 2.45) is 5.10 Å². The van der Waals surface area contributed by atoms with Gasteiger partial charge in [-0.3, -0.25) is 0 Å². The summed E-state index contributed by atoms with van der Waals surface area (Å²) in [5.41, 5.74) is 1.57. The lowest BCUT2D eigenvalue weighted by atomic mass is 10.5. The fourth-order valence-corrected chi connectivity index (χ4v) is 0.873. The molecule has 50 valence electrons. The fourth-order valence-electron chi connectivity index (χ4n) is 0.873. The lowest BCUT2D eigenvalue weighted by Crippen LogP contribution is -1.79. The summed E-state index contributed by atoms with van der Waals surface area (Å²) < 4.78 is 6.44. The van der Waals surface area contributed by atoms with E-state index in [1.54, 1.807) is 23.1 Å². The largest absolute Gasteiger partial charge is 0.355 e. The molecule has 0 radical (unpaired) electrons. The van der Waals surface area contributed by atoms with Crippen molar-refractivity contribution in [1.29, 1.82) is 0 Å². The molecular weight excluding hydrogens is 130 g/mol. The monoisotopic (exact) mass is 135 g/mol. The molecule has 2 rings (SSSR count). The molecule has 0 bridgehead atoms. The maximum atomic E-state index is 4.84. The van der Waals surface area contributed by atoms with Gasteiger partial charge in [0.25, 0.3) is 0 Å². The Morgan fingerprint density at radius 3 is 3.40 bits per heavy atom. The Morgan fingerprint density at radius 2 is 2.60 bits per heavy atom. The lowest BCUT2D eigenvalue weighted by Gasteiger charge is -1.86. The van der Waals surface area contributed by atoms with Gasteiger partial charge >= 0.3 is 0 Å². The van der Waals surface area contributed by atoms with Crippen LogP contribution in [0.3, 0.4) is 0 Å². The van der Waals surface area contributed by atoms with Gasteiger partial charge in [0.1, 0.15) is 5.52 Å². The minimum atomic E-state index is 0.729. The molecular formula is C6H5N3O. The van der Waals surface area contributed by atoms with E-state index < -0.39 is 0 Å². The van der Waals surface area contributed by atoms with Crippen LogP contribution in [0.5, 0.6) is 0 Å². The standard InChI is InChI=1S/C6H5N3O/c1-7-9-3-2-6-5(9)4-8-10-6/h2-4H,1H2. The summed E-state index contributed by atoms with van der Waals surface area (Å²) >= 11 is 0. The molecule has 2 aromatic heterocycles. The van der Waals surface area contributed by atoms with Gasteiger partial charge < -0.3 is 4.52 Å².